The van der Waals surface area contributed by atoms with Gasteiger partial charge in [-0.3, -0.25) is 19.2 Å². The number of rotatable bonds is 8. The summed E-state index contributed by atoms with van der Waals surface area (Å²) in [6, 6.07) is 4.86. The molecule has 3 atom stereocenters. The first kappa shape index (κ1) is 29.1. The molecule has 0 fully saturated rings. The monoisotopic (exact) mass is 503 g/mol. The summed E-state index contributed by atoms with van der Waals surface area (Å²) in [4.78, 5) is 55.8. The van der Waals surface area contributed by atoms with Gasteiger partial charge in [-0.15, -0.1) is 0 Å². The number of fused-ring (bicyclic) bond motifs is 1. The van der Waals surface area contributed by atoms with Crippen LogP contribution in [0.5, 0.6) is 5.75 Å². The fourth-order valence-electron chi connectivity index (χ4n) is 3.85. The van der Waals surface area contributed by atoms with Gasteiger partial charge in [0.2, 0.25) is 17.7 Å². The van der Waals surface area contributed by atoms with E-state index in [0.717, 1.165) is 19.4 Å². The van der Waals surface area contributed by atoms with Crippen LogP contribution in [-0.4, -0.2) is 92.9 Å². The van der Waals surface area contributed by atoms with E-state index in [1.165, 1.54) is 4.90 Å². The fourth-order valence-corrected chi connectivity index (χ4v) is 3.85. The highest BCUT2D eigenvalue weighted by Crippen LogP contribution is 2.19. The summed E-state index contributed by atoms with van der Waals surface area (Å²) in [5.74, 6) is -1.42. The smallest absolute Gasteiger partial charge is 0.255 e. The van der Waals surface area contributed by atoms with E-state index < -0.39 is 29.8 Å². The highest BCUT2D eigenvalue weighted by molar-refractivity contribution is 6.01. The minimum atomic E-state index is -1.10. The third kappa shape index (κ3) is 8.82. The van der Waals surface area contributed by atoms with Crippen molar-refractivity contribution in [3.8, 4) is 5.75 Å². The quantitative estimate of drug-likeness (QED) is 0.456. The molecule has 10 nitrogen and oxygen atoms in total. The van der Waals surface area contributed by atoms with Crippen molar-refractivity contribution in [1.29, 1.82) is 0 Å². The Hall–Kier alpha value is -3.14. The van der Waals surface area contributed by atoms with E-state index in [2.05, 4.69) is 20.9 Å². The predicted molar refractivity (Wildman–Crippen MR) is 138 cm³/mol. The normalized spacial score (nSPS) is 20.5. The van der Waals surface area contributed by atoms with Crippen LogP contribution in [0.3, 0.4) is 0 Å². The number of carbonyl (C=O) groups is 4. The van der Waals surface area contributed by atoms with Crippen LogP contribution in [0.15, 0.2) is 24.3 Å². The van der Waals surface area contributed by atoms with Crippen molar-refractivity contribution in [2.24, 2.45) is 5.92 Å². The van der Waals surface area contributed by atoms with Gasteiger partial charge in [0.15, 0.2) is 0 Å². The third-order valence-electron chi connectivity index (χ3n) is 6.33. The lowest BCUT2D eigenvalue weighted by atomic mass is 9.97. The van der Waals surface area contributed by atoms with E-state index in [1.807, 2.05) is 27.9 Å². The Labute approximate surface area is 214 Å². The van der Waals surface area contributed by atoms with Crippen LogP contribution >= 0.6 is 0 Å². The van der Waals surface area contributed by atoms with Gasteiger partial charge < -0.3 is 30.5 Å². The molecule has 4 amide bonds. The highest BCUT2D eigenvalue weighted by Gasteiger charge is 2.31. The number of nitrogens with one attached hydrogen (secondary N) is 3. The average Bonchev–Trinajstić information content (AvgIpc) is 2.85. The van der Waals surface area contributed by atoms with Crippen molar-refractivity contribution in [1.82, 2.24) is 25.8 Å². The number of likely N-dealkylation sites (N-methyl/N-ethyl adjacent to an activating group) is 1. The Morgan fingerprint density at radius 2 is 1.92 bits per heavy atom. The molecule has 0 aliphatic carbocycles. The van der Waals surface area contributed by atoms with Crippen LogP contribution in [0, 0.1) is 5.92 Å². The molecule has 0 aromatic heterocycles. The molecule has 0 radical (unpaired) electrons. The molecule has 0 bridgehead atoms. The number of benzene rings is 1. The molecule has 1 aromatic rings. The number of nitrogens with zero attached hydrogens (tertiary/aromatic N) is 2. The number of para-hydroxylation sites is 1. The van der Waals surface area contributed by atoms with Crippen molar-refractivity contribution < 1.29 is 23.9 Å². The highest BCUT2D eigenvalue weighted by atomic mass is 16.5. The summed E-state index contributed by atoms with van der Waals surface area (Å²) >= 11 is 0. The van der Waals surface area contributed by atoms with Gasteiger partial charge in [-0.1, -0.05) is 32.4 Å². The summed E-state index contributed by atoms with van der Waals surface area (Å²) in [6.45, 7) is 5.63. The molecule has 36 heavy (non-hydrogen) atoms. The van der Waals surface area contributed by atoms with Crippen molar-refractivity contribution in [2.75, 3.05) is 47.4 Å². The van der Waals surface area contributed by atoms with Crippen molar-refractivity contribution in [3.05, 3.63) is 29.8 Å². The second-order valence-electron chi connectivity index (χ2n) is 9.57. The molecule has 1 aromatic carbocycles. The molecular weight excluding hydrogens is 462 g/mol. The molecule has 0 saturated heterocycles. The van der Waals surface area contributed by atoms with Gasteiger partial charge in [0.05, 0.1) is 18.5 Å². The maximum Gasteiger partial charge on any atom is 0.255 e. The number of hydrogen-bond acceptors (Lipinski definition) is 6. The van der Waals surface area contributed by atoms with E-state index in [1.54, 1.807) is 31.3 Å². The summed E-state index contributed by atoms with van der Waals surface area (Å²) < 4.78 is 5.82. The minimum absolute atomic E-state index is 0.114. The summed E-state index contributed by atoms with van der Waals surface area (Å²) in [6.07, 6.45) is 2.07. The van der Waals surface area contributed by atoms with Gasteiger partial charge in [-0.2, -0.15) is 0 Å². The largest absolute Gasteiger partial charge is 0.491 e. The first-order valence-corrected chi connectivity index (χ1v) is 12.6. The Morgan fingerprint density at radius 1 is 1.19 bits per heavy atom. The molecule has 3 N–H and O–H groups in total. The molecule has 0 spiro atoms. The first-order chi connectivity index (χ1) is 17.1. The Kier molecular flexibility index (Phi) is 11.7. The summed E-state index contributed by atoms with van der Waals surface area (Å²) in [7, 11) is 5.63. The van der Waals surface area contributed by atoms with Gasteiger partial charge in [-0.25, -0.2) is 0 Å². The molecule has 0 unspecified atom stereocenters. The van der Waals surface area contributed by atoms with E-state index in [4.69, 9.17) is 4.74 Å². The van der Waals surface area contributed by atoms with E-state index in [0.29, 0.717) is 18.7 Å². The number of carbonyl (C=O) groups excluding carboxylic acids is 4. The zero-order valence-corrected chi connectivity index (χ0v) is 22.1. The predicted octanol–water partition coefficient (Wildman–Crippen LogP) is 1.01. The zero-order valence-electron chi connectivity index (χ0n) is 22.1. The van der Waals surface area contributed by atoms with Gasteiger partial charge in [0.25, 0.3) is 5.91 Å². The SMILES string of the molecule is CC[C@H](C)[C@@H]1NC(=O)C[C@@H](C(=O)NCCCCN(C)C)NC(=O)c2ccccc2OCCN(C)C1=O. The van der Waals surface area contributed by atoms with Crippen LogP contribution in [0.1, 0.15) is 49.9 Å². The van der Waals surface area contributed by atoms with Gasteiger partial charge >= 0.3 is 0 Å². The van der Waals surface area contributed by atoms with Crippen LogP contribution in [0.25, 0.3) is 0 Å². The lowest BCUT2D eigenvalue weighted by Crippen LogP contribution is -2.54. The van der Waals surface area contributed by atoms with Gasteiger partial charge in [0.1, 0.15) is 24.4 Å². The van der Waals surface area contributed by atoms with Crippen LogP contribution in [-0.2, 0) is 14.4 Å². The molecule has 1 aliphatic heterocycles. The van der Waals surface area contributed by atoms with Crippen LogP contribution < -0.4 is 20.7 Å². The standard InChI is InChI=1S/C26H41N5O5/c1-6-18(2)23-26(35)31(5)15-16-36-21-12-8-7-11-19(21)24(33)28-20(17-22(32)29-23)25(34)27-13-9-10-14-30(3)4/h7-8,11-12,18,20,23H,6,9-10,13-17H2,1-5H3,(H,27,34)(H,28,33)(H,29,32)/t18-,20-,23-/m0/s1. The molecular formula is C26H41N5O5. The third-order valence-corrected chi connectivity index (χ3v) is 6.33. The zero-order chi connectivity index (χ0) is 26.7. The van der Waals surface area contributed by atoms with Gasteiger partial charge in [0, 0.05) is 13.6 Å². The summed E-state index contributed by atoms with van der Waals surface area (Å²) in [5.41, 5.74) is 0.255. The van der Waals surface area contributed by atoms with Crippen molar-refractivity contribution >= 4 is 23.6 Å². The number of unbranched alkanes of at least 4 members (excludes halogenated alkanes) is 1. The summed E-state index contributed by atoms with van der Waals surface area (Å²) in [5, 5.41) is 8.33. The molecule has 2 rings (SSSR count). The fraction of sp³-hybridized carbons (Fsp3) is 0.615. The second-order valence-corrected chi connectivity index (χ2v) is 9.57. The molecule has 200 valence electrons. The van der Waals surface area contributed by atoms with Crippen LogP contribution in [0.4, 0.5) is 0 Å². The first-order valence-electron chi connectivity index (χ1n) is 12.6. The second kappa shape index (κ2) is 14.4. The van der Waals surface area contributed by atoms with Gasteiger partial charge in [-0.05, 0) is 51.5 Å². The van der Waals surface area contributed by atoms with E-state index >= 15 is 0 Å². The van der Waals surface area contributed by atoms with E-state index in [-0.39, 0.29) is 37.0 Å². The lowest BCUT2D eigenvalue weighted by Gasteiger charge is -2.29. The number of hydrogen-bond donors (Lipinski definition) is 3. The molecule has 1 aliphatic rings. The number of amides is 4. The number of ether oxygens (including phenoxy) is 1. The van der Waals surface area contributed by atoms with E-state index in [9.17, 15) is 19.2 Å². The maximum atomic E-state index is 13.1. The van der Waals surface area contributed by atoms with Crippen molar-refractivity contribution in [3.63, 3.8) is 0 Å². The Morgan fingerprint density at radius 3 is 2.61 bits per heavy atom. The Balaban J connectivity index is 2.27. The molecule has 0 saturated carbocycles. The molecule has 10 heteroatoms. The minimum Gasteiger partial charge on any atom is -0.491 e. The van der Waals surface area contributed by atoms with Crippen molar-refractivity contribution in [2.45, 2.75) is 51.6 Å². The Bertz CT molecular complexity index is 906. The maximum absolute atomic E-state index is 13.1. The molecule has 1 heterocycles. The lowest BCUT2D eigenvalue weighted by molar-refractivity contribution is -0.137. The topological polar surface area (TPSA) is 120 Å². The van der Waals surface area contributed by atoms with Crippen LogP contribution in [0.2, 0.25) is 0 Å². The average molecular weight is 504 g/mol.